The highest BCUT2D eigenvalue weighted by molar-refractivity contribution is 6.08. The highest BCUT2D eigenvalue weighted by Crippen LogP contribution is 2.36. The molecule has 3 aromatic carbocycles. The van der Waals surface area contributed by atoms with Gasteiger partial charge in [-0.25, -0.2) is 4.68 Å². The average Bonchev–Trinajstić information content (AvgIpc) is 3.39. The number of hydrogen-bond acceptors (Lipinski definition) is 8. The highest BCUT2D eigenvalue weighted by atomic mass is 16.5. The van der Waals surface area contributed by atoms with Gasteiger partial charge >= 0.3 is 0 Å². The third kappa shape index (κ3) is 6.10. The summed E-state index contributed by atoms with van der Waals surface area (Å²) in [4.78, 5) is 43.9. The zero-order valence-electron chi connectivity index (χ0n) is 25.2. The van der Waals surface area contributed by atoms with E-state index < -0.39 is 23.9 Å². The molecule has 0 saturated heterocycles. The first-order valence-electron chi connectivity index (χ1n) is 14.4. The molecular formula is C33H32N8O4. The van der Waals surface area contributed by atoms with E-state index in [1.54, 1.807) is 55.1 Å². The molecular weight excluding hydrogens is 572 g/mol. The van der Waals surface area contributed by atoms with Crippen molar-refractivity contribution >= 4 is 40.0 Å². The minimum absolute atomic E-state index is 0.0198. The van der Waals surface area contributed by atoms with Gasteiger partial charge < -0.3 is 25.2 Å². The summed E-state index contributed by atoms with van der Waals surface area (Å²) in [5, 5.41) is 30.8. The number of rotatable bonds is 9. The number of anilines is 2. The molecule has 2 N–H and O–H groups in total. The van der Waals surface area contributed by atoms with Crippen molar-refractivity contribution in [3.63, 3.8) is 0 Å². The van der Waals surface area contributed by atoms with Crippen LogP contribution in [0.4, 0.5) is 11.4 Å². The number of nitriles is 2. The van der Waals surface area contributed by atoms with E-state index in [1.165, 1.54) is 16.9 Å². The fourth-order valence-electron chi connectivity index (χ4n) is 5.30. The lowest BCUT2D eigenvalue weighted by Crippen LogP contribution is -2.55. The van der Waals surface area contributed by atoms with Gasteiger partial charge in [0, 0.05) is 12.5 Å². The maximum atomic E-state index is 14.4. The molecule has 0 radical (unpaired) electrons. The largest absolute Gasteiger partial charge is 0.384 e. The maximum Gasteiger partial charge on any atom is 0.251 e. The Bertz CT molecular complexity index is 1850. The lowest BCUT2D eigenvalue weighted by Gasteiger charge is -2.26. The predicted molar refractivity (Wildman–Crippen MR) is 167 cm³/mol. The van der Waals surface area contributed by atoms with Crippen molar-refractivity contribution in [1.29, 1.82) is 10.5 Å². The molecule has 0 bridgehead atoms. The van der Waals surface area contributed by atoms with Crippen molar-refractivity contribution in [2.45, 2.75) is 32.0 Å². The van der Waals surface area contributed by atoms with Gasteiger partial charge in [0.1, 0.15) is 12.1 Å². The number of fused-ring (bicyclic) bond motifs is 2. The number of benzene rings is 3. The molecule has 1 aliphatic heterocycles. The van der Waals surface area contributed by atoms with Gasteiger partial charge in [0.15, 0.2) is 0 Å². The van der Waals surface area contributed by atoms with E-state index in [0.717, 1.165) is 10.9 Å². The molecule has 0 saturated carbocycles. The van der Waals surface area contributed by atoms with Crippen LogP contribution in [0.25, 0.3) is 16.6 Å². The van der Waals surface area contributed by atoms with E-state index >= 15 is 0 Å². The highest BCUT2D eigenvalue weighted by Gasteiger charge is 2.38. The molecule has 2 atom stereocenters. The van der Waals surface area contributed by atoms with Crippen LogP contribution < -0.4 is 20.4 Å². The first kappa shape index (κ1) is 30.9. The van der Waals surface area contributed by atoms with Gasteiger partial charge in [-0.15, -0.1) is 0 Å². The molecule has 5 rings (SSSR count). The van der Waals surface area contributed by atoms with E-state index in [-0.39, 0.29) is 32.0 Å². The summed E-state index contributed by atoms with van der Waals surface area (Å²) in [7, 11) is 3.13. The van der Waals surface area contributed by atoms with Crippen molar-refractivity contribution in [2.24, 2.45) is 0 Å². The van der Waals surface area contributed by atoms with Gasteiger partial charge in [-0.2, -0.15) is 15.6 Å². The Kier molecular flexibility index (Phi) is 9.19. The zero-order chi connectivity index (χ0) is 32.1. The van der Waals surface area contributed by atoms with Crippen LogP contribution in [0.15, 0.2) is 66.7 Å². The van der Waals surface area contributed by atoms with Crippen molar-refractivity contribution in [3.8, 4) is 17.8 Å². The zero-order valence-corrected chi connectivity index (χ0v) is 25.2. The summed E-state index contributed by atoms with van der Waals surface area (Å²) >= 11 is 0. The summed E-state index contributed by atoms with van der Waals surface area (Å²) in [5.74, 6) is -1.19. The predicted octanol–water partition coefficient (Wildman–Crippen LogP) is 2.78. The number of carbonyl (C=O) groups is 3. The standard InChI is InChI=1S/C33H32N8O4/c1-21(36-2)32(43)37-26-20-39(31(42)14-15-45-3)30-16-22(17-34)12-13-29(30)40(33(26)44)19-25-24-9-5-7-11-28(24)41(38-25)27-10-6-4-8-23(27)18-35/h4-13,16,21,26,36H,14-15,19-20H2,1-3H3,(H,37,43)/t21-,26-/m0/s1. The number of ether oxygens (including phenoxy) is 1. The Labute approximate surface area is 260 Å². The number of nitrogens with zero attached hydrogens (tertiary/aromatic N) is 6. The van der Waals surface area contributed by atoms with E-state index in [0.29, 0.717) is 33.9 Å². The lowest BCUT2D eigenvalue weighted by molar-refractivity contribution is -0.128. The van der Waals surface area contributed by atoms with E-state index in [4.69, 9.17) is 9.84 Å². The summed E-state index contributed by atoms with van der Waals surface area (Å²) in [6.07, 6.45) is 0.0296. The second-order valence-electron chi connectivity index (χ2n) is 10.6. The summed E-state index contributed by atoms with van der Waals surface area (Å²) in [6, 6.07) is 22.0. The molecule has 12 heteroatoms. The quantitative estimate of drug-likeness (QED) is 0.295. The number of nitrogens with one attached hydrogen (secondary N) is 2. The average molecular weight is 605 g/mol. The maximum absolute atomic E-state index is 14.4. The number of likely N-dealkylation sites (N-methyl/N-ethyl adjacent to an activating group) is 1. The molecule has 0 spiro atoms. The van der Waals surface area contributed by atoms with Crippen LogP contribution in [-0.4, -0.2) is 66.9 Å². The third-order valence-electron chi connectivity index (χ3n) is 7.80. The molecule has 12 nitrogen and oxygen atoms in total. The molecule has 1 aliphatic rings. The first-order valence-corrected chi connectivity index (χ1v) is 14.4. The van der Waals surface area contributed by atoms with E-state index in [1.807, 2.05) is 30.3 Å². The van der Waals surface area contributed by atoms with Crippen LogP contribution in [0, 0.1) is 22.7 Å². The first-order chi connectivity index (χ1) is 21.8. The van der Waals surface area contributed by atoms with Crippen molar-refractivity contribution < 1.29 is 19.1 Å². The summed E-state index contributed by atoms with van der Waals surface area (Å²) < 4.78 is 6.82. The Morgan fingerprint density at radius 1 is 1.04 bits per heavy atom. The van der Waals surface area contributed by atoms with Crippen molar-refractivity contribution in [3.05, 3.63) is 83.6 Å². The SMILES string of the molecule is CN[C@@H](C)C(=O)N[C@H]1CN(C(=O)CCOC)c2cc(C#N)ccc2N(Cc2nn(-c3ccccc3C#N)c3ccccc23)C1=O. The van der Waals surface area contributed by atoms with Crippen LogP contribution >= 0.6 is 0 Å². The van der Waals surface area contributed by atoms with Crippen LogP contribution in [0.3, 0.4) is 0 Å². The number of aromatic nitrogens is 2. The van der Waals surface area contributed by atoms with Gasteiger partial charge in [-0.3, -0.25) is 14.4 Å². The lowest BCUT2D eigenvalue weighted by atomic mass is 10.1. The van der Waals surface area contributed by atoms with Crippen LogP contribution in [0.5, 0.6) is 0 Å². The topological polar surface area (TPSA) is 156 Å². The molecule has 0 aliphatic carbocycles. The summed E-state index contributed by atoms with van der Waals surface area (Å²) in [5.41, 5.74) is 3.35. The monoisotopic (exact) mass is 604 g/mol. The van der Waals surface area contributed by atoms with Gasteiger partial charge in [-0.1, -0.05) is 30.3 Å². The number of methoxy groups -OCH3 is 1. The Morgan fingerprint density at radius 2 is 1.80 bits per heavy atom. The molecule has 0 fully saturated rings. The van der Waals surface area contributed by atoms with Crippen LogP contribution in [0.1, 0.15) is 30.2 Å². The molecule has 0 unspecified atom stereocenters. The number of hydrogen-bond donors (Lipinski definition) is 2. The molecule has 2 heterocycles. The minimum Gasteiger partial charge on any atom is -0.384 e. The Balaban J connectivity index is 1.66. The normalized spacial score (nSPS) is 15.1. The molecule has 1 aromatic heterocycles. The van der Waals surface area contributed by atoms with Gasteiger partial charge in [0.05, 0.1) is 77.6 Å². The number of amides is 3. The number of para-hydroxylation sites is 2. The van der Waals surface area contributed by atoms with Crippen LogP contribution in [-0.2, 0) is 25.7 Å². The second kappa shape index (κ2) is 13.4. The smallest absolute Gasteiger partial charge is 0.251 e. The Morgan fingerprint density at radius 3 is 2.53 bits per heavy atom. The Hall–Kier alpha value is -5.56. The van der Waals surface area contributed by atoms with E-state index in [2.05, 4.69) is 22.8 Å². The third-order valence-corrected chi connectivity index (χ3v) is 7.80. The molecule has 4 aromatic rings. The second-order valence-corrected chi connectivity index (χ2v) is 10.6. The van der Waals surface area contributed by atoms with Crippen molar-refractivity contribution in [2.75, 3.05) is 37.1 Å². The van der Waals surface area contributed by atoms with E-state index in [9.17, 15) is 24.9 Å². The van der Waals surface area contributed by atoms with Crippen LogP contribution in [0.2, 0.25) is 0 Å². The van der Waals surface area contributed by atoms with Crippen molar-refractivity contribution in [1.82, 2.24) is 20.4 Å². The van der Waals surface area contributed by atoms with Gasteiger partial charge in [-0.05, 0) is 50.4 Å². The molecule has 228 valence electrons. The van der Waals surface area contributed by atoms with Gasteiger partial charge in [0.25, 0.3) is 5.91 Å². The fraction of sp³-hybridized carbons (Fsp3) is 0.273. The van der Waals surface area contributed by atoms with Gasteiger partial charge in [0.2, 0.25) is 11.8 Å². The minimum atomic E-state index is -1.11. The molecule has 45 heavy (non-hydrogen) atoms. The summed E-state index contributed by atoms with van der Waals surface area (Å²) in [6.45, 7) is 1.66. The fourth-order valence-corrected chi connectivity index (χ4v) is 5.30. The number of carbonyl (C=O) groups excluding carboxylic acids is 3. The molecule has 3 amide bonds.